The van der Waals surface area contributed by atoms with Crippen molar-refractivity contribution in [2.24, 2.45) is 0 Å². The summed E-state index contributed by atoms with van der Waals surface area (Å²) in [6.07, 6.45) is 3.40. The normalized spacial score (nSPS) is 18.5. The van der Waals surface area contributed by atoms with Crippen LogP contribution in [0, 0.1) is 0 Å². The van der Waals surface area contributed by atoms with Crippen LogP contribution in [-0.4, -0.2) is 66.5 Å². The van der Waals surface area contributed by atoms with E-state index >= 15 is 0 Å². The van der Waals surface area contributed by atoms with Gasteiger partial charge in [0.25, 0.3) is 5.91 Å². The molecule has 2 N–H and O–H groups in total. The maximum Gasteiger partial charge on any atom is 0.327 e. The minimum absolute atomic E-state index is 0.0262. The van der Waals surface area contributed by atoms with Gasteiger partial charge in [-0.05, 0) is 44.4 Å². The number of carbonyl (C=O) groups is 3. The molecule has 1 aromatic carbocycles. The predicted octanol–water partition coefficient (Wildman–Crippen LogP) is 1.82. The Kier molecular flexibility index (Phi) is 6.86. The lowest BCUT2D eigenvalue weighted by atomic mass is 10.2. The van der Waals surface area contributed by atoms with Gasteiger partial charge < -0.3 is 20.3 Å². The average molecular weight is 388 g/mol. The summed E-state index contributed by atoms with van der Waals surface area (Å²) in [6.45, 7) is 4.61. The van der Waals surface area contributed by atoms with Gasteiger partial charge in [-0.2, -0.15) is 0 Å². The summed E-state index contributed by atoms with van der Waals surface area (Å²) in [5.74, 6) is 0.484. The highest BCUT2D eigenvalue weighted by atomic mass is 16.5. The van der Waals surface area contributed by atoms with Gasteiger partial charge in [0.1, 0.15) is 18.4 Å². The number of fused-ring (bicyclic) bond motifs is 1. The summed E-state index contributed by atoms with van der Waals surface area (Å²) < 4.78 is 5.72. The van der Waals surface area contributed by atoms with Crippen molar-refractivity contribution in [1.29, 1.82) is 0 Å². The second-order valence-corrected chi connectivity index (χ2v) is 7.11. The lowest BCUT2D eigenvalue weighted by Crippen LogP contribution is -2.34. The molecule has 0 aliphatic carbocycles. The number of carbonyl (C=O) groups excluding carboxylic acids is 3. The molecule has 0 spiro atoms. The van der Waals surface area contributed by atoms with Gasteiger partial charge in [-0.3, -0.25) is 14.5 Å². The van der Waals surface area contributed by atoms with Crippen LogP contribution in [-0.2, 0) is 9.59 Å². The van der Waals surface area contributed by atoms with Crippen LogP contribution in [0.15, 0.2) is 24.3 Å². The highest BCUT2D eigenvalue weighted by Crippen LogP contribution is 2.27. The van der Waals surface area contributed by atoms with Gasteiger partial charge in [0.05, 0.1) is 5.69 Å². The molecular formula is C20H28N4O4. The number of rotatable bonds is 10. The Morgan fingerprint density at radius 2 is 2.04 bits per heavy atom. The van der Waals surface area contributed by atoms with E-state index in [1.54, 1.807) is 11.0 Å². The number of urea groups is 1. The predicted molar refractivity (Wildman–Crippen MR) is 105 cm³/mol. The van der Waals surface area contributed by atoms with Crippen molar-refractivity contribution >= 4 is 23.5 Å². The van der Waals surface area contributed by atoms with Crippen LogP contribution in [0.25, 0.3) is 0 Å². The maximum atomic E-state index is 12.2. The Morgan fingerprint density at radius 1 is 1.21 bits per heavy atom. The lowest BCUT2D eigenvalue weighted by molar-refractivity contribution is -0.128. The molecule has 1 aromatic rings. The zero-order valence-corrected chi connectivity index (χ0v) is 16.3. The fourth-order valence-electron chi connectivity index (χ4n) is 3.65. The lowest BCUT2D eigenvalue weighted by Gasteiger charge is -2.15. The number of benzene rings is 1. The zero-order chi connectivity index (χ0) is 19.9. The van der Waals surface area contributed by atoms with E-state index in [0.717, 1.165) is 32.2 Å². The van der Waals surface area contributed by atoms with Crippen LogP contribution >= 0.6 is 0 Å². The van der Waals surface area contributed by atoms with Crippen LogP contribution in [0.1, 0.15) is 32.6 Å². The monoisotopic (exact) mass is 388 g/mol. The van der Waals surface area contributed by atoms with Crippen LogP contribution in [0.5, 0.6) is 5.75 Å². The van der Waals surface area contributed by atoms with Crippen molar-refractivity contribution in [3.63, 3.8) is 0 Å². The third kappa shape index (κ3) is 4.81. The van der Waals surface area contributed by atoms with E-state index in [4.69, 9.17) is 4.74 Å². The molecule has 28 heavy (non-hydrogen) atoms. The van der Waals surface area contributed by atoms with Gasteiger partial charge in [-0.1, -0.05) is 12.1 Å². The van der Waals surface area contributed by atoms with E-state index in [2.05, 4.69) is 10.6 Å². The van der Waals surface area contributed by atoms with E-state index in [9.17, 15) is 14.4 Å². The second-order valence-electron chi connectivity index (χ2n) is 7.11. The number of unbranched alkanes of at least 4 members (excludes halogenated alkanes) is 1. The van der Waals surface area contributed by atoms with Gasteiger partial charge in [-0.25, -0.2) is 4.79 Å². The zero-order valence-electron chi connectivity index (χ0n) is 16.3. The van der Waals surface area contributed by atoms with Gasteiger partial charge in [-0.15, -0.1) is 0 Å². The van der Waals surface area contributed by atoms with Crippen molar-refractivity contribution in [1.82, 2.24) is 15.1 Å². The molecule has 152 valence electrons. The second kappa shape index (κ2) is 9.54. The van der Waals surface area contributed by atoms with E-state index in [1.807, 2.05) is 18.2 Å². The Labute approximate surface area is 165 Å². The first-order valence-corrected chi connectivity index (χ1v) is 9.90. The minimum Gasteiger partial charge on any atom is -0.490 e. The van der Waals surface area contributed by atoms with Crippen molar-refractivity contribution in [3.8, 4) is 5.75 Å². The topological polar surface area (TPSA) is 91.0 Å². The summed E-state index contributed by atoms with van der Waals surface area (Å²) in [7, 11) is 0. The Morgan fingerprint density at radius 3 is 2.82 bits per heavy atom. The highest BCUT2D eigenvalue weighted by Gasteiger charge is 2.46. The number of hydrogen-bond donors (Lipinski definition) is 2. The van der Waals surface area contributed by atoms with Crippen molar-refractivity contribution < 1.29 is 19.1 Å². The highest BCUT2D eigenvalue weighted by molar-refractivity contribution is 6.04. The SMILES string of the molecule is CC(=O)Nc1ccccc1OCCNCCCCN1C(=O)C2CCCN2C1=O. The summed E-state index contributed by atoms with van der Waals surface area (Å²) in [4.78, 5) is 38.8. The minimum atomic E-state index is -0.205. The molecule has 8 heteroatoms. The summed E-state index contributed by atoms with van der Waals surface area (Å²) in [6, 6.07) is 7.00. The Bertz CT molecular complexity index is 702. The summed E-state index contributed by atoms with van der Waals surface area (Å²) >= 11 is 0. The number of amides is 4. The number of anilines is 1. The number of para-hydroxylation sites is 2. The van der Waals surface area contributed by atoms with Crippen LogP contribution < -0.4 is 15.4 Å². The molecule has 1 atom stereocenters. The Balaban J connectivity index is 1.28. The average Bonchev–Trinajstić information content (AvgIpc) is 3.23. The third-order valence-corrected chi connectivity index (χ3v) is 5.00. The molecule has 2 fully saturated rings. The molecule has 2 heterocycles. The molecule has 0 bridgehead atoms. The van der Waals surface area contributed by atoms with Crippen LogP contribution in [0.3, 0.4) is 0 Å². The van der Waals surface area contributed by atoms with Crippen molar-refractivity contribution in [2.45, 2.75) is 38.6 Å². The number of nitrogens with zero attached hydrogens (tertiary/aromatic N) is 2. The van der Waals surface area contributed by atoms with E-state index in [-0.39, 0.29) is 23.9 Å². The number of ether oxygens (including phenoxy) is 1. The smallest absolute Gasteiger partial charge is 0.327 e. The molecule has 0 aromatic heterocycles. The van der Waals surface area contributed by atoms with E-state index in [1.165, 1.54) is 11.8 Å². The van der Waals surface area contributed by atoms with E-state index in [0.29, 0.717) is 37.7 Å². The van der Waals surface area contributed by atoms with Gasteiger partial charge in [0, 0.05) is 26.6 Å². The molecule has 1 unspecified atom stereocenters. The molecule has 8 nitrogen and oxygen atoms in total. The number of hydrogen-bond acceptors (Lipinski definition) is 5. The third-order valence-electron chi connectivity index (χ3n) is 5.00. The first-order chi connectivity index (χ1) is 13.6. The first kappa shape index (κ1) is 20.1. The van der Waals surface area contributed by atoms with E-state index < -0.39 is 0 Å². The quantitative estimate of drug-likeness (QED) is 0.471. The van der Waals surface area contributed by atoms with Crippen LogP contribution in [0.4, 0.5) is 10.5 Å². The number of imide groups is 1. The fraction of sp³-hybridized carbons (Fsp3) is 0.550. The molecule has 0 radical (unpaired) electrons. The van der Waals surface area contributed by atoms with Gasteiger partial charge >= 0.3 is 6.03 Å². The standard InChI is InChI=1S/C20H28N4O4/c1-15(25)22-16-7-2-3-9-18(16)28-14-11-21-10-4-5-12-24-19(26)17-8-6-13-23(17)20(24)27/h2-3,7,9,17,21H,4-6,8,10-14H2,1H3,(H,22,25). The van der Waals surface area contributed by atoms with Gasteiger partial charge in [0.15, 0.2) is 0 Å². The van der Waals surface area contributed by atoms with Crippen molar-refractivity contribution in [2.75, 3.05) is 38.1 Å². The first-order valence-electron chi connectivity index (χ1n) is 9.90. The van der Waals surface area contributed by atoms with Gasteiger partial charge in [0.2, 0.25) is 5.91 Å². The molecular weight excluding hydrogens is 360 g/mol. The molecule has 2 aliphatic heterocycles. The fourth-order valence-corrected chi connectivity index (χ4v) is 3.65. The molecule has 4 amide bonds. The maximum absolute atomic E-state index is 12.2. The van der Waals surface area contributed by atoms with Crippen LogP contribution in [0.2, 0.25) is 0 Å². The largest absolute Gasteiger partial charge is 0.490 e. The summed E-state index contributed by atoms with van der Waals surface area (Å²) in [5.41, 5.74) is 0.662. The molecule has 3 rings (SSSR count). The Hall–Kier alpha value is -2.61. The summed E-state index contributed by atoms with van der Waals surface area (Å²) in [5, 5.41) is 6.04. The number of nitrogens with one attached hydrogen (secondary N) is 2. The van der Waals surface area contributed by atoms with Crippen molar-refractivity contribution in [3.05, 3.63) is 24.3 Å². The molecule has 0 saturated carbocycles. The molecule has 2 saturated heterocycles. The molecule has 2 aliphatic rings.